The number of nitriles is 1. The molecule has 2 aliphatic rings. The molecule has 2 N–H and O–H groups in total. The van der Waals surface area contributed by atoms with Crippen LogP contribution >= 0.6 is 0 Å². The molecule has 2 heterocycles. The number of nitrogens with zero attached hydrogens (tertiary/aromatic N) is 4. The molecule has 1 aromatic heterocycles. The molecule has 0 bridgehead atoms. The lowest BCUT2D eigenvalue weighted by molar-refractivity contribution is -0.135. The fraction of sp³-hybridized carbons (Fsp3) is 0.381. The first-order valence-electron chi connectivity index (χ1n) is 9.78. The molecule has 0 spiro atoms. The number of likely N-dealkylation sites (tertiary alicyclic amines) is 1. The number of hydrogen-bond donors (Lipinski definition) is 2. The summed E-state index contributed by atoms with van der Waals surface area (Å²) >= 11 is 0. The van der Waals surface area contributed by atoms with E-state index in [1.807, 2.05) is 0 Å². The molecule has 8 nitrogen and oxygen atoms in total. The number of benzene rings is 1. The Labute approximate surface area is 169 Å². The van der Waals surface area contributed by atoms with Crippen LogP contribution in [0.3, 0.4) is 0 Å². The predicted molar refractivity (Wildman–Crippen MR) is 108 cm³/mol. The normalized spacial score (nSPS) is 16.3. The van der Waals surface area contributed by atoms with E-state index in [-0.39, 0.29) is 17.7 Å². The van der Waals surface area contributed by atoms with E-state index < -0.39 is 6.04 Å². The molecule has 2 amide bonds. The number of anilines is 2. The van der Waals surface area contributed by atoms with Crippen molar-refractivity contribution < 1.29 is 9.59 Å². The topological polar surface area (TPSA) is 111 Å². The third-order valence-electron chi connectivity index (χ3n) is 5.20. The second-order valence-corrected chi connectivity index (χ2v) is 7.47. The molecule has 0 unspecified atom stereocenters. The lowest BCUT2D eigenvalue weighted by atomic mass is 10.1. The zero-order chi connectivity index (χ0) is 20.4. The van der Waals surface area contributed by atoms with Crippen molar-refractivity contribution in [3.8, 4) is 17.3 Å². The van der Waals surface area contributed by atoms with Gasteiger partial charge in [0.15, 0.2) is 5.82 Å². The van der Waals surface area contributed by atoms with Crippen LogP contribution in [-0.4, -0.2) is 45.8 Å². The van der Waals surface area contributed by atoms with Crippen LogP contribution in [0.1, 0.15) is 31.7 Å². The monoisotopic (exact) mass is 390 g/mol. The molecule has 1 aliphatic carbocycles. The summed E-state index contributed by atoms with van der Waals surface area (Å²) in [6, 6.07) is 7.01. The van der Waals surface area contributed by atoms with Gasteiger partial charge in [0.2, 0.25) is 11.8 Å². The quantitative estimate of drug-likeness (QED) is 0.783. The molecule has 1 aromatic carbocycles. The van der Waals surface area contributed by atoms with E-state index in [2.05, 4.69) is 26.7 Å². The second kappa shape index (κ2) is 7.87. The Morgan fingerprint density at radius 2 is 2.03 bits per heavy atom. The van der Waals surface area contributed by atoms with Gasteiger partial charge < -0.3 is 15.5 Å². The smallest absolute Gasteiger partial charge is 0.244 e. The SMILES string of the molecule is C[C@H](Nc1cc(-c2cnc(NC(=O)C3CC3)cn2)ccc1C#N)C(=O)N1CCC1. The highest BCUT2D eigenvalue weighted by Crippen LogP contribution is 2.30. The number of nitrogens with one attached hydrogen (secondary N) is 2. The molecular weight excluding hydrogens is 368 g/mol. The molecule has 1 saturated heterocycles. The van der Waals surface area contributed by atoms with Crippen LogP contribution < -0.4 is 10.6 Å². The van der Waals surface area contributed by atoms with Crippen LogP contribution in [0.4, 0.5) is 11.5 Å². The van der Waals surface area contributed by atoms with Gasteiger partial charge in [-0.3, -0.25) is 14.6 Å². The number of carbonyl (C=O) groups excluding carboxylic acids is 2. The third-order valence-corrected chi connectivity index (χ3v) is 5.20. The first-order valence-corrected chi connectivity index (χ1v) is 9.78. The summed E-state index contributed by atoms with van der Waals surface area (Å²) in [5, 5.41) is 15.3. The summed E-state index contributed by atoms with van der Waals surface area (Å²) in [5.41, 5.74) is 2.42. The van der Waals surface area contributed by atoms with Crippen molar-refractivity contribution in [3.05, 3.63) is 36.2 Å². The number of hydrogen-bond acceptors (Lipinski definition) is 6. The van der Waals surface area contributed by atoms with E-state index in [1.54, 1.807) is 36.2 Å². The fourth-order valence-corrected chi connectivity index (χ4v) is 3.14. The summed E-state index contributed by atoms with van der Waals surface area (Å²) in [5.74, 6) is 0.537. The minimum absolute atomic E-state index is 0.0160. The van der Waals surface area contributed by atoms with Gasteiger partial charge in [-0.1, -0.05) is 6.07 Å². The van der Waals surface area contributed by atoms with Gasteiger partial charge in [0.1, 0.15) is 12.1 Å². The van der Waals surface area contributed by atoms with Crippen LogP contribution in [0, 0.1) is 17.2 Å². The Hall–Kier alpha value is -3.47. The van der Waals surface area contributed by atoms with E-state index in [0.29, 0.717) is 22.8 Å². The van der Waals surface area contributed by atoms with Gasteiger partial charge in [0.05, 0.1) is 29.3 Å². The van der Waals surface area contributed by atoms with Crippen molar-refractivity contribution in [1.82, 2.24) is 14.9 Å². The largest absolute Gasteiger partial charge is 0.373 e. The maximum atomic E-state index is 12.4. The van der Waals surface area contributed by atoms with Crippen LogP contribution in [0.5, 0.6) is 0 Å². The second-order valence-electron chi connectivity index (χ2n) is 7.47. The summed E-state index contributed by atoms with van der Waals surface area (Å²) in [7, 11) is 0. The van der Waals surface area contributed by atoms with Gasteiger partial charge in [-0.05, 0) is 38.3 Å². The lowest BCUT2D eigenvalue weighted by Crippen LogP contribution is -2.48. The van der Waals surface area contributed by atoms with Gasteiger partial charge in [-0.25, -0.2) is 4.98 Å². The van der Waals surface area contributed by atoms with Crippen molar-refractivity contribution in [2.75, 3.05) is 23.7 Å². The average Bonchev–Trinajstić information content (AvgIpc) is 3.52. The van der Waals surface area contributed by atoms with Crippen LogP contribution in [0.15, 0.2) is 30.6 Å². The first kappa shape index (κ1) is 18.9. The molecule has 1 saturated carbocycles. The Morgan fingerprint density at radius 1 is 1.24 bits per heavy atom. The summed E-state index contributed by atoms with van der Waals surface area (Å²) in [6.07, 6.45) is 6.00. The van der Waals surface area contributed by atoms with Gasteiger partial charge in [0.25, 0.3) is 0 Å². The van der Waals surface area contributed by atoms with Crippen LogP contribution in [0.25, 0.3) is 11.3 Å². The Bertz CT molecular complexity index is 974. The van der Waals surface area contributed by atoms with Gasteiger partial charge >= 0.3 is 0 Å². The maximum Gasteiger partial charge on any atom is 0.244 e. The summed E-state index contributed by atoms with van der Waals surface area (Å²) in [4.78, 5) is 34.7. The zero-order valence-corrected chi connectivity index (χ0v) is 16.2. The molecule has 1 aliphatic heterocycles. The maximum absolute atomic E-state index is 12.4. The number of aromatic nitrogens is 2. The standard InChI is InChI=1S/C21H22N6O2/c1-13(21(29)27-7-2-8-27)25-17-9-15(5-6-16(17)10-22)18-11-24-19(12-23-18)26-20(28)14-3-4-14/h5-6,9,11-14,25H,2-4,7-8H2,1H3,(H,24,26,28)/t13-/m0/s1. The number of amides is 2. The zero-order valence-electron chi connectivity index (χ0n) is 16.2. The molecule has 1 atom stereocenters. The molecular formula is C21H22N6O2. The molecule has 148 valence electrons. The van der Waals surface area contributed by atoms with Gasteiger partial charge in [-0.15, -0.1) is 0 Å². The third kappa shape index (κ3) is 4.19. The minimum atomic E-state index is -0.427. The van der Waals surface area contributed by atoms with Crippen molar-refractivity contribution in [3.63, 3.8) is 0 Å². The van der Waals surface area contributed by atoms with Gasteiger partial charge in [-0.2, -0.15) is 5.26 Å². The predicted octanol–water partition coefficient (Wildman–Crippen LogP) is 2.40. The Kier molecular flexibility index (Phi) is 5.12. The van der Waals surface area contributed by atoms with E-state index in [0.717, 1.165) is 37.9 Å². The van der Waals surface area contributed by atoms with Crippen LogP contribution in [0.2, 0.25) is 0 Å². The highest BCUT2D eigenvalue weighted by atomic mass is 16.2. The Morgan fingerprint density at radius 3 is 2.62 bits per heavy atom. The summed E-state index contributed by atoms with van der Waals surface area (Å²) in [6.45, 7) is 3.37. The highest BCUT2D eigenvalue weighted by Gasteiger charge is 2.30. The van der Waals surface area contributed by atoms with Crippen LogP contribution in [-0.2, 0) is 9.59 Å². The van der Waals surface area contributed by atoms with E-state index in [1.165, 1.54) is 6.20 Å². The van der Waals surface area contributed by atoms with E-state index >= 15 is 0 Å². The van der Waals surface area contributed by atoms with Crippen molar-refractivity contribution in [2.24, 2.45) is 5.92 Å². The van der Waals surface area contributed by atoms with Crippen molar-refractivity contribution in [1.29, 1.82) is 5.26 Å². The minimum Gasteiger partial charge on any atom is -0.373 e. The average molecular weight is 390 g/mol. The molecule has 29 heavy (non-hydrogen) atoms. The molecule has 8 heteroatoms. The lowest BCUT2D eigenvalue weighted by Gasteiger charge is -2.33. The highest BCUT2D eigenvalue weighted by molar-refractivity contribution is 5.93. The molecule has 2 fully saturated rings. The van der Waals surface area contributed by atoms with Gasteiger partial charge in [0, 0.05) is 24.6 Å². The molecule has 4 rings (SSSR count). The number of rotatable bonds is 6. The Balaban J connectivity index is 1.50. The van der Waals surface area contributed by atoms with E-state index in [4.69, 9.17) is 0 Å². The molecule has 2 aromatic rings. The fourth-order valence-electron chi connectivity index (χ4n) is 3.14. The first-order chi connectivity index (χ1) is 14.0. The van der Waals surface area contributed by atoms with Crippen molar-refractivity contribution in [2.45, 2.75) is 32.2 Å². The summed E-state index contributed by atoms with van der Waals surface area (Å²) < 4.78 is 0. The van der Waals surface area contributed by atoms with E-state index in [9.17, 15) is 14.9 Å². The van der Waals surface area contributed by atoms with Crippen molar-refractivity contribution >= 4 is 23.3 Å². The number of carbonyl (C=O) groups is 2. The molecule has 0 radical (unpaired) electrons.